The summed E-state index contributed by atoms with van der Waals surface area (Å²) >= 11 is 0. The summed E-state index contributed by atoms with van der Waals surface area (Å²) in [6.07, 6.45) is 6.52. The summed E-state index contributed by atoms with van der Waals surface area (Å²) in [5, 5.41) is 0. The first-order valence-electron chi connectivity index (χ1n) is 7.09. The van der Waals surface area contributed by atoms with Gasteiger partial charge >= 0.3 is 0 Å². The lowest BCUT2D eigenvalue weighted by Crippen LogP contribution is -2.42. The molecule has 2 fully saturated rings. The molecule has 1 atom stereocenters. The highest BCUT2D eigenvalue weighted by Gasteiger charge is 2.50. The van der Waals surface area contributed by atoms with Crippen LogP contribution in [0.5, 0.6) is 0 Å². The molecular formula is C15H27NO. The number of likely N-dealkylation sites (N-methyl/N-ethyl adjacent to an activating group) is 1. The molecule has 0 aromatic heterocycles. The first-order valence-corrected chi connectivity index (χ1v) is 7.09. The van der Waals surface area contributed by atoms with Crippen LogP contribution >= 0.6 is 0 Å². The monoisotopic (exact) mass is 237 g/mol. The van der Waals surface area contributed by atoms with E-state index in [0.717, 1.165) is 11.8 Å². The van der Waals surface area contributed by atoms with Gasteiger partial charge < -0.3 is 4.90 Å². The van der Waals surface area contributed by atoms with E-state index in [2.05, 4.69) is 13.8 Å². The Bertz CT molecular complexity index is 289. The number of Topliss-reactive ketones (excluding diaryl/α,β-unsaturated/α-hetero) is 1. The fourth-order valence-corrected chi connectivity index (χ4v) is 3.85. The second-order valence-electron chi connectivity index (χ2n) is 7.06. The van der Waals surface area contributed by atoms with E-state index >= 15 is 0 Å². The van der Waals surface area contributed by atoms with Crippen molar-refractivity contribution in [1.29, 1.82) is 0 Å². The number of hydrogen-bond acceptors (Lipinski definition) is 2. The Kier molecular flexibility index (Phi) is 3.63. The minimum atomic E-state index is 0.378. The summed E-state index contributed by atoms with van der Waals surface area (Å²) in [6, 6.07) is 0. The van der Waals surface area contributed by atoms with Crippen LogP contribution in [-0.2, 0) is 4.79 Å². The third kappa shape index (κ3) is 2.73. The Morgan fingerprint density at radius 2 is 1.94 bits per heavy atom. The maximum absolute atomic E-state index is 11.9. The predicted octanol–water partition coefficient (Wildman–Crippen LogP) is 2.97. The van der Waals surface area contributed by atoms with Gasteiger partial charge in [-0.15, -0.1) is 0 Å². The third-order valence-electron chi connectivity index (χ3n) is 4.97. The van der Waals surface area contributed by atoms with Gasteiger partial charge in [-0.25, -0.2) is 0 Å². The van der Waals surface area contributed by atoms with Crippen molar-refractivity contribution in [2.45, 2.75) is 46.0 Å². The molecule has 2 saturated carbocycles. The van der Waals surface area contributed by atoms with E-state index in [1.54, 1.807) is 0 Å². The molecule has 0 aliphatic heterocycles. The van der Waals surface area contributed by atoms with Crippen molar-refractivity contribution in [2.75, 3.05) is 20.6 Å². The zero-order valence-corrected chi connectivity index (χ0v) is 11.8. The van der Waals surface area contributed by atoms with Gasteiger partial charge in [-0.05, 0) is 63.5 Å². The minimum Gasteiger partial charge on any atom is -0.302 e. The topological polar surface area (TPSA) is 20.3 Å². The van der Waals surface area contributed by atoms with Gasteiger partial charge in [0.25, 0.3) is 0 Å². The van der Waals surface area contributed by atoms with Crippen LogP contribution in [0.25, 0.3) is 0 Å². The lowest BCUT2D eigenvalue weighted by molar-refractivity contribution is -0.131. The Hall–Kier alpha value is -0.370. The maximum Gasteiger partial charge on any atom is 0.149 e. The van der Waals surface area contributed by atoms with Crippen molar-refractivity contribution in [3.8, 4) is 0 Å². The Balaban J connectivity index is 1.81. The van der Waals surface area contributed by atoms with Gasteiger partial charge in [-0.3, -0.25) is 4.79 Å². The lowest BCUT2D eigenvalue weighted by Gasteiger charge is -2.45. The molecule has 1 unspecified atom stereocenters. The highest BCUT2D eigenvalue weighted by Crippen LogP contribution is 2.59. The summed E-state index contributed by atoms with van der Waals surface area (Å²) in [7, 11) is 3.97. The molecule has 0 amide bonds. The smallest absolute Gasteiger partial charge is 0.149 e. The predicted molar refractivity (Wildman–Crippen MR) is 70.9 cm³/mol. The van der Waals surface area contributed by atoms with Crippen LogP contribution in [0, 0.1) is 23.2 Å². The number of rotatable bonds is 4. The molecule has 98 valence electrons. The fourth-order valence-electron chi connectivity index (χ4n) is 3.85. The number of nitrogens with zero attached hydrogens (tertiary/aromatic N) is 1. The van der Waals surface area contributed by atoms with Crippen LogP contribution in [0.2, 0.25) is 0 Å². The average Bonchev–Trinajstić information content (AvgIpc) is 2.58. The third-order valence-corrected chi connectivity index (χ3v) is 4.97. The van der Waals surface area contributed by atoms with Gasteiger partial charge in [0.1, 0.15) is 5.78 Å². The molecule has 17 heavy (non-hydrogen) atoms. The van der Waals surface area contributed by atoms with Crippen LogP contribution in [0.3, 0.4) is 0 Å². The van der Waals surface area contributed by atoms with Crippen molar-refractivity contribution in [3.63, 3.8) is 0 Å². The number of carbonyl (C=O) groups is 1. The first kappa shape index (κ1) is 13.1. The molecule has 2 aliphatic rings. The molecule has 2 rings (SSSR count). The number of hydrogen-bond donors (Lipinski definition) is 0. The van der Waals surface area contributed by atoms with Gasteiger partial charge in [0, 0.05) is 5.92 Å². The summed E-state index contributed by atoms with van der Waals surface area (Å²) in [6.45, 7) is 5.32. The van der Waals surface area contributed by atoms with Crippen molar-refractivity contribution in [3.05, 3.63) is 0 Å². The number of ketones is 1. The summed E-state index contributed by atoms with van der Waals surface area (Å²) in [5.41, 5.74) is 0.571. The van der Waals surface area contributed by atoms with Crippen LogP contribution in [0.4, 0.5) is 0 Å². The number of carbonyl (C=O) groups excluding carboxylic acids is 1. The van der Waals surface area contributed by atoms with Crippen molar-refractivity contribution in [2.24, 2.45) is 23.2 Å². The molecule has 2 aliphatic carbocycles. The van der Waals surface area contributed by atoms with E-state index in [1.165, 1.54) is 32.1 Å². The molecule has 0 saturated heterocycles. The van der Waals surface area contributed by atoms with Crippen molar-refractivity contribution >= 4 is 5.78 Å². The van der Waals surface area contributed by atoms with E-state index in [9.17, 15) is 4.79 Å². The SMILES string of the molecule is CC(C)C1CCC2(CC(C(=O)CN(C)C)C2)C1. The molecule has 0 radical (unpaired) electrons. The Labute approximate surface area is 106 Å². The maximum atomic E-state index is 11.9. The van der Waals surface area contributed by atoms with E-state index in [0.29, 0.717) is 23.7 Å². The fraction of sp³-hybridized carbons (Fsp3) is 0.933. The van der Waals surface area contributed by atoms with Gasteiger partial charge in [0.05, 0.1) is 6.54 Å². The molecule has 1 spiro atoms. The average molecular weight is 237 g/mol. The second-order valence-corrected chi connectivity index (χ2v) is 7.06. The van der Waals surface area contributed by atoms with Crippen LogP contribution in [-0.4, -0.2) is 31.3 Å². The molecule has 2 heteroatoms. The van der Waals surface area contributed by atoms with Crippen LogP contribution in [0.1, 0.15) is 46.0 Å². The van der Waals surface area contributed by atoms with Gasteiger partial charge in [0.15, 0.2) is 0 Å². The van der Waals surface area contributed by atoms with Gasteiger partial charge in [-0.2, -0.15) is 0 Å². The molecular weight excluding hydrogens is 210 g/mol. The first-order chi connectivity index (χ1) is 7.92. The summed E-state index contributed by atoms with van der Waals surface area (Å²) < 4.78 is 0. The Morgan fingerprint density at radius 3 is 2.41 bits per heavy atom. The van der Waals surface area contributed by atoms with Gasteiger partial charge in [0.2, 0.25) is 0 Å². The zero-order chi connectivity index (χ0) is 12.6. The molecule has 0 aromatic carbocycles. The second kappa shape index (κ2) is 4.72. The standard InChI is InChI=1S/C15H27NO/c1-11(2)12-5-6-15(7-12)8-13(9-15)14(17)10-16(3)4/h11-13H,5-10H2,1-4H3. The highest BCUT2D eigenvalue weighted by atomic mass is 16.1. The lowest BCUT2D eigenvalue weighted by atomic mass is 9.59. The quantitative estimate of drug-likeness (QED) is 0.749. The van der Waals surface area contributed by atoms with E-state index in [4.69, 9.17) is 0 Å². The molecule has 0 aromatic rings. The zero-order valence-electron chi connectivity index (χ0n) is 11.8. The van der Waals surface area contributed by atoms with E-state index in [-0.39, 0.29) is 0 Å². The molecule has 0 heterocycles. The normalized spacial score (nSPS) is 36.8. The van der Waals surface area contributed by atoms with Crippen molar-refractivity contribution in [1.82, 2.24) is 4.90 Å². The summed E-state index contributed by atoms with van der Waals surface area (Å²) in [5.74, 6) is 2.59. The van der Waals surface area contributed by atoms with Crippen LogP contribution < -0.4 is 0 Å². The molecule has 0 N–H and O–H groups in total. The molecule has 0 bridgehead atoms. The molecule has 2 nitrogen and oxygen atoms in total. The van der Waals surface area contributed by atoms with E-state index in [1.807, 2.05) is 19.0 Å². The Morgan fingerprint density at radius 1 is 1.29 bits per heavy atom. The van der Waals surface area contributed by atoms with E-state index < -0.39 is 0 Å². The highest BCUT2D eigenvalue weighted by molar-refractivity contribution is 5.84. The summed E-state index contributed by atoms with van der Waals surface area (Å²) in [4.78, 5) is 13.9. The largest absolute Gasteiger partial charge is 0.302 e. The minimum absolute atomic E-state index is 0.378. The van der Waals surface area contributed by atoms with Crippen molar-refractivity contribution < 1.29 is 4.79 Å². The van der Waals surface area contributed by atoms with Crippen LogP contribution in [0.15, 0.2) is 0 Å². The van der Waals surface area contributed by atoms with Gasteiger partial charge in [-0.1, -0.05) is 13.8 Å².